The first-order chi connectivity index (χ1) is 17.8. The minimum atomic E-state index is -3.43. The predicted octanol–water partition coefficient (Wildman–Crippen LogP) is 3.86. The number of anilines is 1. The first-order valence-corrected chi connectivity index (χ1v) is 12.1. The number of carbonyl (C=O) groups is 2. The molecule has 4 rings (SSSR count). The van der Waals surface area contributed by atoms with E-state index in [4.69, 9.17) is 9.47 Å². The summed E-state index contributed by atoms with van der Waals surface area (Å²) in [5.74, 6) is -3.14. The molecule has 2 fully saturated rings. The first-order valence-electron chi connectivity index (χ1n) is 12.1. The van der Waals surface area contributed by atoms with Crippen LogP contribution in [-0.4, -0.2) is 62.6 Å². The predicted molar refractivity (Wildman–Crippen MR) is 131 cm³/mol. The van der Waals surface area contributed by atoms with Crippen LogP contribution in [0.15, 0.2) is 17.1 Å². The maximum absolute atomic E-state index is 15.6. The fourth-order valence-electron chi connectivity index (χ4n) is 4.69. The van der Waals surface area contributed by atoms with Gasteiger partial charge >= 0.3 is 19.5 Å². The summed E-state index contributed by atoms with van der Waals surface area (Å²) in [4.78, 5) is 39.1. The summed E-state index contributed by atoms with van der Waals surface area (Å²) in [6, 6.07) is 0.0287. The van der Waals surface area contributed by atoms with Crippen LogP contribution in [0.4, 0.5) is 27.9 Å². The minimum absolute atomic E-state index is 0.0269. The van der Waals surface area contributed by atoms with Crippen LogP contribution in [-0.2, 0) is 9.39 Å². The molecule has 1 saturated carbocycles. The van der Waals surface area contributed by atoms with E-state index in [0.29, 0.717) is 12.8 Å². The number of rotatable bonds is 7. The Bertz CT molecular complexity index is 1310. The molecule has 2 aromatic rings. The largest absolute Gasteiger partial charge is 0.798 e. The molecule has 1 aromatic carbocycles. The van der Waals surface area contributed by atoms with Crippen molar-refractivity contribution in [2.75, 3.05) is 31.8 Å². The van der Waals surface area contributed by atoms with Gasteiger partial charge in [-0.1, -0.05) is 0 Å². The zero-order valence-corrected chi connectivity index (χ0v) is 21.4. The van der Waals surface area contributed by atoms with E-state index in [9.17, 15) is 27.4 Å². The number of carbonyl (C=O) groups excluding carboxylic acids is 2. The monoisotopic (exact) mass is 541 g/mol. The Morgan fingerprint density at radius 1 is 1.21 bits per heavy atom. The fraction of sp³-hybridized carbons (Fsp3) is 0.542. The van der Waals surface area contributed by atoms with E-state index < -0.39 is 60.6 Å². The molecule has 2 heterocycles. The number of methoxy groups -OCH3 is 1. The molecule has 1 N–H and O–H groups in total. The van der Waals surface area contributed by atoms with E-state index in [1.165, 1.54) is 16.6 Å². The van der Waals surface area contributed by atoms with Crippen LogP contribution in [0.5, 0.6) is 5.75 Å². The van der Waals surface area contributed by atoms with Crippen molar-refractivity contribution >= 4 is 36.1 Å². The molecular weight excluding hydrogens is 513 g/mol. The second kappa shape index (κ2) is 10.4. The van der Waals surface area contributed by atoms with Gasteiger partial charge in [0.25, 0.3) is 0 Å². The Labute approximate surface area is 216 Å². The standard InChI is InChI=1S/C24H28BF4N3O6/c1-24(2,3)37-23(35)30-17-11-31(9-12(17)8-26)19-16(27)7-14-18(21(19)36-4)32(13-5-6-13)10-15(20(14)33)22(34)38-25(28)29/h7,10,12-13,17H,5-6,8-9,11H2,1-4H3,(H,30,35)/t12-,17+/m0/s1. The van der Waals surface area contributed by atoms with E-state index in [1.807, 2.05) is 0 Å². The lowest BCUT2D eigenvalue weighted by molar-refractivity contribution is 0.0494. The molecule has 2 aliphatic rings. The molecule has 14 heteroatoms. The number of ether oxygens (including phenoxy) is 2. The summed E-state index contributed by atoms with van der Waals surface area (Å²) in [7, 11) is -2.15. The molecule has 2 atom stereocenters. The topological polar surface area (TPSA) is 99.1 Å². The average molecular weight is 541 g/mol. The van der Waals surface area contributed by atoms with Gasteiger partial charge in [0, 0.05) is 31.2 Å². The number of halogens is 4. The van der Waals surface area contributed by atoms with Crippen molar-refractivity contribution in [1.29, 1.82) is 0 Å². The van der Waals surface area contributed by atoms with E-state index >= 15 is 4.39 Å². The van der Waals surface area contributed by atoms with Crippen LogP contribution in [0, 0.1) is 11.7 Å². The minimum Gasteiger partial charge on any atom is -0.492 e. The van der Waals surface area contributed by atoms with Crippen molar-refractivity contribution < 1.29 is 41.1 Å². The normalized spacial score (nSPS) is 19.4. The molecule has 1 aromatic heterocycles. The van der Waals surface area contributed by atoms with Gasteiger partial charge in [-0.15, -0.1) is 0 Å². The number of hydrogen-bond donors (Lipinski definition) is 1. The fourth-order valence-corrected chi connectivity index (χ4v) is 4.69. The van der Waals surface area contributed by atoms with Gasteiger partial charge in [-0.3, -0.25) is 9.18 Å². The molecule has 1 amide bonds. The molecule has 206 valence electrons. The summed E-state index contributed by atoms with van der Waals surface area (Å²) in [5.41, 5.74) is -2.29. The summed E-state index contributed by atoms with van der Waals surface area (Å²) >= 11 is 0. The second-order valence-corrected chi connectivity index (χ2v) is 10.4. The highest BCUT2D eigenvalue weighted by molar-refractivity contribution is 6.38. The van der Waals surface area contributed by atoms with E-state index in [0.717, 1.165) is 12.3 Å². The van der Waals surface area contributed by atoms with E-state index in [2.05, 4.69) is 9.97 Å². The quantitative estimate of drug-likeness (QED) is 0.420. The third-order valence-corrected chi connectivity index (χ3v) is 6.42. The van der Waals surface area contributed by atoms with Gasteiger partial charge in [-0.2, -0.15) is 0 Å². The SMILES string of the molecule is COc1c(N2C[C@H](CF)[C@H](NC(=O)OC(C)(C)C)C2)c(F)cc2c(=O)c(C(=O)OB(F)F)cn(C3CC3)c12. The van der Waals surface area contributed by atoms with Gasteiger partial charge in [-0.05, 0) is 39.7 Å². The highest BCUT2D eigenvalue weighted by Gasteiger charge is 2.39. The van der Waals surface area contributed by atoms with E-state index in [-0.39, 0.29) is 41.5 Å². The molecule has 1 aliphatic carbocycles. The smallest absolute Gasteiger partial charge is 0.492 e. The lowest BCUT2D eigenvalue weighted by Crippen LogP contribution is -2.43. The molecule has 0 bridgehead atoms. The molecule has 9 nitrogen and oxygen atoms in total. The van der Waals surface area contributed by atoms with Crippen molar-refractivity contribution in [3.8, 4) is 5.75 Å². The number of alkyl carbamates (subject to hydrolysis) is 1. The molecule has 1 aliphatic heterocycles. The molecular formula is C24H28BF4N3O6. The Balaban J connectivity index is 1.78. The van der Waals surface area contributed by atoms with Crippen molar-refractivity contribution in [2.24, 2.45) is 5.92 Å². The molecule has 38 heavy (non-hydrogen) atoms. The number of nitrogens with one attached hydrogen (secondary N) is 1. The maximum Gasteiger partial charge on any atom is 0.798 e. The number of aromatic nitrogens is 1. The summed E-state index contributed by atoms with van der Waals surface area (Å²) in [6.45, 7) is 4.33. The number of alkyl halides is 1. The van der Waals surface area contributed by atoms with Gasteiger partial charge in [0.05, 0.1) is 30.7 Å². The Kier molecular flexibility index (Phi) is 7.53. The van der Waals surface area contributed by atoms with Crippen molar-refractivity contribution in [3.63, 3.8) is 0 Å². The molecule has 1 saturated heterocycles. The number of nitrogens with zero attached hydrogens (tertiary/aromatic N) is 2. The molecule has 0 unspecified atom stereocenters. The second-order valence-electron chi connectivity index (χ2n) is 10.4. The molecule has 0 radical (unpaired) electrons. The van der Waals surface area contributed by atoms with Gasteiger partial charge in [0.2, 0.25) is 5.43 Å². The summed E-state index contributed by atoms with van der Waals surface area (Å²) in [5, 5.41) is 2.39. The number of amides is 1. The van der Waals surface area contributed by atoms with Crippen LogP contribution in [0.1, 0.15) is 50.0 Å². The lowest BCUT2D eigenvalue weighted by Gasteiger charge is -2.25. The van der Waals surface area contributed by atoms with Crippen molar-refractivity contribution in [3.05, 3.63) is 33.9 Å². The van der Waals surface area contributed by atoms with Crippen LogP contribution < -0.4 is 20.4 Å². The highest BCUT2D eigenvalue weighted by atomic mass is 19.2. The van der Waals surface area contributed by atoms with Crippen molar-refractivity contribution in [1.82, 2.24) is 9.88 Å². The van der Waals surface area contributed by atoms with E-state index in [1.54, 1.807) is 20.8 Å². The lowest BCUT2D eigenvalue weighted by atomic mass is 10.1. The summed E-state index contributed by atoms with van der Waals surface area (Å²) in [6.07, 6.45) is 1.73. The number of fused-ring (bicyclic) bond motifs is 1. The van der Waals surface area contributed by atoms with Crippen LogP contribution in [0.2, 0.25) is 0 Å². The Hall–Kier alpha value is -3.45. The number of pyridine rings is 1. The van der Waals surface area contributed by atoms with Crippen molar-refractivity contribution in [2.45, 2.75) is 51.3 Å². The molecule has 0 spiro atoms. The third kappa shape index (κ3) is 5.53. The zero-order chi connectivity index (χ0) is 27.9. The van der Waals surface area contributed by atoms with Crippen LogP contribution in [0.25, 0.3) is 10.9 Å². The van der Waals surface area contributed by atoms with Crippen LogP contribution >= 0.6 is 0 Å². The first kappa shape index (κ1) is 27.6. The maximum atomic E-state index is 15.6. The highest BCUT2D eigenvalue weighted by Crippen LogP contribution is 2.44. The zero-order valence-electron chi connectivity index (χ0n) is 21.4. The van der Waals surface area contributed by atoms with Gasteiger partial charge in [0.1, 0.15) is 16.9 Å². The third-order valence-electron chi connectivity index (χ3n) is 6.42. The Morgan fingerprint density at radius 2 is 1.89 bits per heavy atom. The number of benzene rings is 1. The average Bonchev–Trinajstić information content (AvgIpc) is 3.57. The van der Waals surface area contributed by atoms with Gasteiger partial charge in [0.15, 0.2) is 11.6 Å². The van der Waals surface area contributed by atoms with Gasteiger partial charge < -0.3 is 28.9 Å². The number of hydrogen-bond acceptors (Lipinski definition) is 7. The summed E-state index contributed by atoms with van der Waals surface area (Å²) < 4.78 is 71.1. The van der Waals surface area contributed by atoms with Crippen LogP contribution in [0.3, 0.4) is 0 Å². The Morgan fingerprint density at radius 3 is 2.45 bits per heavy atom. The van der Waals surface area contributed by atoms with Gasteiger partial charge in [-0.25, -0.2) is 22.6 Å².